The number of carbonyl (C=O) groups excluding carboxylic acids is 2. The van der Waals surface area contributed by atoms with Gasteiger partial charge in [-0.25, -0.2) is 9.82 Å². The van der Waals surface area contributed by atoms with Crippen LogP contribution in [0.15, 0.2) is 24.3 Å². The van der Waals surface area contributed by atoms with Gasteiger partial charge < -0.3 is 4.90 Å². The molecule has 0 spiro atoms. The van der Waals surface area contributed by atoms with Crippen molar-refractivity contribution >= 4 is 11.7 Å². The van der Waals surface area contributed by atoms with Crippen LogP contribution in [0.3, 0.4) is 0 Å². The lowest BCUT2D eigenvalue weighted by atomic mass is 9.84. The van der Waals surface area contributed by atoms with Crippen LogP contribution in [0.1, 0.15) is 50.4 Å². The Hall–Kier alpha value is -1.79. The van der Waals surface area contributed by atoms with Crippen molar-refractivity contribution in [1.82, 2.24) is 15.8 Å². The van der Waals surface area contributed by atoms with Crippen molar-refractivity contribution in [3.8, 4) is 0 Å². The SMILES string of the molecule is CC(C)(C)C1CC(C(=O)N2CCC[C@H](C(=O)c3ccccc3F)C2)NN1. The second kappa shape index (κ2) is 7.45. The number of amides is 1. The van der Waals surface area contributed by atoms with Crippen molar-refractivity contribution in [2.24, 2.45) is 11.3 Å². The van der Waals surface area contributed by atoms with Crippen LogP contribution in [-0.2, 0) is 4.79 Å². The molecule has 2 N–H and O–H groups in total. The minimum atomic E-state index is -0.490. The highest BCUT2D eigenvalue weighted by Crippen LogP contribution is 2.27. The van der Waals surface area contributed by atoms with E-state index in [4.69, 9.17) is 0 Å². The number of Topliss-reactive ketones (excluding diaryl/α,β-unsaturated/α-hetero) is 1. The molecule has 0 aliphatic carbocycles. The molecule has 2 aliphatic rings. The molecule has 2 heterocycles. The number of piperidine rings is 1. The standard InChI is InChI=1S/C20H28FN3O2/c1-20(2,3)17-11-16(22-23-17)19(26)24-10-6-7-13(12-24)18(25)14-8-4-5-9-15(14)21/h4-5,8-9,13,16-17,22-23H,6-7,10-12H2,1-3H3/t13-,16?,17?/m0/s1. The number of nitrogens with one attached hydrogen (secondary N) is 2. The summed E-state index contributed by atoms with van der Waals surface area (Å²) in [5.74, 6) is -1.01. The summed E-state index contributed by atoms with van der Waals surface area (Å²) in [5.41, 5.74) is 6.52. The summed E-state index contributed by atoms with van der Waals surface area (Å²) in [6.07, 6.45) is 2.18. The van der Waals surface area contributed by atoms with E-state index in [0.717, 1.165) is 12.8 Å². The minimum Gasteiger partial charge on any atom is -0.341 e. The van der Waals surface area contributed by atoms with Gasteiger partial charge in [-0.3, -0.25) is 15.0 Å². The molecular weight excluding hydrogens is 333 g/mol. The maximum Gasteiger partial charge on any atom is 0.241 e. The number of benzene rings is 1. The van der Waals surface area contributed by atoms with Gasteiger partial charge in [0, 0.05) is 25.0 Å². The maximum atomic E-state index is 13.9. The average Bonchev–Trinajstić information content (AvgIpc) is 3.11. The minimum absolute atomic E-state index is 0.0234. The molecule has 3 atom stereocenters. The number of carbonyl (C=O) groups is 2. The molecule has 5 nitrogen and oxygen atoms in total. The smallest absolute Gasteiger partial charge is 0.241 e. The van der Waals surface area contributed by atoms with Gasteiger partial charge in [0.25, 0.3) is 0 Å². The number of hydrazine groups is 1. The van der Waals surface area contributed by atoms with Gasteiger partial charge in [-0.05, 0) is 36.8 Å². The molecule has 26 heavy (non-hydrogen) atoms. The lowest BCUT2D eigenvalue weighted by Gasteiger charge is -2.33. The summed E-state index contributed by atoms with van der Waals surface area (Å²) >= 11 is 0. The third-order valence-corrected chi connectivity index (χ3v) is 5.49. The van der Waals surface area contributed by atoms with Crippen LogP contribution in [0.4, 0.5) is 4.39 Å². The number of hydrogen-bond donors (Lipinski definition) is 2. The second-order valence-corrected chi connectivity index (χ2v) is 8.46. The van der Waals surface area contributed by atoms with E-state index in [-0.39, 0.29) is 40.7 Å². The quantitative estimate of drug-likeness (QED) is 0.812. The first-order chi connectivity index (χ1) is 12.3. The van der Waals surface area contributed by atoms with Gasteiger partial charge in [0.15, 0.2) is 5.78 Å². The topological polar surface area (TPSA) is 61.4 Å². The Morgan fingerprint density at radius 1 is 1.19 bits per heavy atom. The zero-order valence-corrected chi connectivity index (χ0v) is 15.7. The van der Waals surface area contributed by atoms with E-state index in [2.05, 4.69) is 31.6 Å². The van der Waals surface area contributed by atoms with E-state index in [1.165, 1.54) is 12.1 Å². The third-order valence-electron chi connectivity index (χ3n) is 5.49. The highest BCUT2D eigenvalue weighted by Gasteiger charge is 2.39. The first kappa shape index (κ1) is 19.0. The van der Waals surface area contributed by atoms with Gasteiger partial charge in [-0.2, -0.15) is 0 Å². The normalized spacial score (nSPS) is 26.8. The molecule has 1 aromatic carbocycles. The van der Waals surface area contributed by atoms with Crippen LogP contribution in [-0.4, -0.2) is 41.8 Å². The van der Waals surface area contributed by atoms with Crippen LogP contribution in [0.25, 0.3) is 0 Å². The largest absolute Gasteiger partial charge is 0.341 e. The van der Waals surface area contributed by atoms with Crippen LogP contribution >= 0.6 is 0 Å². The molecule has 2 fully saturated rings. The number of rotatable bonds is 3. The van der Waals surface area contributed by atoms with E-state index in [1.807, 2.05) is 0 Å². The van der Waals surface area contributed by atoms with Crippen molar-refractivity contribution in [2.75, 3.05) is 13.1 Å². The Labute approximate surface area is 154 Å². The highest BCUT2D eigenvalue weighted by molar-refractivity contribution is 5.98. The van der Waals surface area contributed by atoms with E-state index in [9.17, 15) is 14.0 Å². The molecule has 142 valence electrons. The highest BCUT2D eigenvalue weighted by atomic mass is 19.1. The molecule has 2 saturated heterocycles. The van der Waals surface area contributed by atoms with Crippen LogP contribution in [0.5, 0.6) is 0 Å². The van der Waals surface area contributed by atoms with Crippen LogP contribution in [0, 0.1) is 17.2 Å². The number of nitrogens with zero attached hydrogens (tertiary/aromatic N) is 1. The Balaban J connectivity index is 1.64. The average molecular weight is 361 g/mol. The number of halogens is 1. The maximum absolute atomic E-state index is 13.9. The lowest BCUT2D eigenvalue weighted by molar-refractivity contribution is -0.134. The second-order valence-electron chi connectivity index (χ2n) is 8.46. The summed E-state index contributed by atoms with van der Waals surface area (Å²) in [7, 11) is 0. The van der Waals surface area contributed by atoms with E-state index >= 15 is 0 Å². The Morgan fingerprint density at radius 3 is 2.58 bits per heavy atom. The Morgan fingerprint density at radius 2 is 1.92 bits per heavy atom. The van der Waals surface area contributed by atoms with Gasteiger partial charge in [0.1, 0.15) is 11.9 Å². The zero-order valence-electron chi connectivity index (χ0n) is 15.7. The first-order valence-corrected chi connectivity index (χ1v) is 9.36. The fourth-order valence-corrected chi connectivity index (χ4v) is 3.78. The molecule has 0 radical (unpaired) electrons. The van der Waals surface area contributed by atoms with Gasteiger partial charge in [-0.15, -0.1) is 0 Å². The summed E-state index contributed by atoms with van der Waals surface area (Å²) in [4.78, 5) is 27.3. The van der Waals surface area contributed by atoms with Crippen molar-refractivity contribution < 1.29 is 14.0 Å². The summed E-state index contributed by atoms with van der Waals surface area (Å²) in [6.45, 7) is 7.44. The molecule has 2 unspecified atom stereocenters. The summed E-state index contributed by atoms with van der Waals surface area (Å²) < 4.78 is 13.9. The van der Waals surface area contributed by atoms with Crippen LogP contribution < -0.4 is 10.9 Å². The molecule has 2 aliphatic heterocycles. The predicted molar refractivity (Wildman–Crippen MR) is 98.0 cm³/mol. The molecule has 6 heteroatoms. The molecule has 0 saturated carbocycles. The monoisotopic (exact) mass is 361 g/mol. The van der Waals surface area contributed by atoms with Gasteiger partial charge in [-0.1, -0.05) is 32.9 Å². The van der Waals surface area contributed by atoms with Crippen molar-refractivity contribution in [3.63, 3.8) is 0 Å². The van der Waals surface area contributed by atoms with Crippen LogP contribution in [0.2, 0.25) is 0 Å². The molecule has 1 aromatic rings. The molecule has 3 rings (SSSR count). The van der Waals surface area contributed by atoms with E-state index in [1.54, 1.807) is 17.0 Å². The van der Waals surface area contributed by atoms with Crippen molar-refractivity contribution in [3.05, 3.63) is 35.6 Å². The molecule has 0 aromatic heterocycles. The van der Waals surface area contributed by atoms with E-state index < -0.39 is 5.82 Å². The fraction of sp³-hybridized carbons (Fsp3) is 0.600. The summed E-state index contributed by atoms with van der Waals surface area (Å²) in [5, 5.41) is 0. The molecule has 0 bridgehead atoms. The van der Waals surface area contributed by atoms with Gasteiger partial charge in [0.05, 0.1) is 5.56 Å². The number of likely N-dealkylation sites (tertiary alicyclic amines) is 1. The van der Waals surface area contributed by atoms with Gasteiger partial charge >= 0.3 is 0 Å². The first-order valence-electron chi connectivity index (χ1n) is 9.36. The predicted octanol–water partition coefficient (Wildman–Crippen LogP) is 2.53. The lowest BCUT2D eigenvalue weighted by Crippen LogP contribution is -2.50. The van der Waals surface area contributed by atoms with Crippen molar-refractivity contribution in [1.29, 1.82) is 0 Å². The Bertz CT molecular complexity index is 686. The number of ketones is 1. The third kappa shape index (κ3) is 3.96. The molecule has 1 amide bonds. The number of hydrogen-bond acceptors (Lipinski definition) is 4. The van der Waals surface area contributed by atoms with Gasteiger partial charge in [0.2, 0.25) is 5.91 Å². The molecular formula is C20H28FN3O2. The summed E-state index contributed by atoms with van der Waals surface area (Å²) in [6, 6.07) is 6.02. The van der Waals surface area contributed by atoms with Crippen molar-refractivity contribution in [2.45, 2.75) is 52.1 Å². The fourth-order valence-electron chi connectivity index (χ4n) is 3.78. The Kier molecular flexibility index (Phi) is 5.44. The van der Waals surface area contributed by atoms with E-state index in [0.29, 0.717) is 19.5 Å². The zero-order chi connectivity index (χ0) is 18.9.